The lowest BCUT2D eigenvalue weighted by Crippen LogP contribution is -2.30. The van der Waals surface area contributed by atoms with Gasteiger partial charge in [-0.3, -0.25) is 4.79 Å². The number of hydrogen-bond donors (Lipinski definition) is 0. The summed E-state index contributed by atoms with van der Waals surface area (Å²) in [6.07, 6.45) is 0.878. The molecule has 0 aliphatic rings. The van der Waals surface area contributed by atoms with Gasteiger partial charge >= 0.3 is 0 Å². The average Bonchev–Trinajstić information content (AvgIpc) is 3.36. The molecular weight excluding hydrogens is 420 g/mol. The standard InChI is InChI=1S/C21H28N4O3S2/c1-5-24(15-16-8-7-13-29-16)21(26)12-11-20-22-18-14-17(30(27,28)23(3)4)9-10-19(18)25(20)6-2/h7-10,13-14H,5-6,11-12,15H2,1-4H3. The molecule has 1 aromatic carbocycles. The van der Waals surface area contributed by atoms with Gasteiger partial charge in [0.15, 0.2) is 0 Å². The van der Waals surface area contributed by atoms with E-state index in [2.05, 4.69) is 4.98 Å². The molecule has 3 aromatic rings. The number of amides is 1. The van der Waals surface area contributed by atoms with Gasteiger partial charge in [0.2, 0.25) is 15.9 Å². The van der Waals surface area contributed by atoms with Gasteiger partial charge in [-0.1, -0.05) is 6.07 Å². The van der Waals surface area contributed by atoms with E-state index in [0.29, 0.717) is 38.0 Å². The molecule has 0 aliphatic carbocycles. The van der Waals surface area contributed by atoms with Crippen molar-refractivity contribution in [3.8, 4) is 0 Å². The fourth-order valence-corrected chi connectivity index (χ4v) is 5.06. The molecule has 0 spiro atoms. The van der Waals surface area contributed by atoms with Crippen LogP contribution >= 0.6 is 11.3 Å². The number of fused-ring (bicyclic) bond motifs is 1. The zero-order chi connectivity index (χ0) is 21.9. The van der Waals surface area contributed by atoms with Crippen LogP contribution in [-0.4, -0.2) is 53.7 Å². The molecule has 2 heterocycles. The van der Waals surface area contributed by atoms with E-state index in [1.807, 2.05) is 40.8 Å². The highest BCUT2D eigenvalue weighted by molar-refractivity contribution is 7.89. The number of carbonyl (C=O) groups excluding carboxylic acids is 1. The van der Waals surface area contributed by atoms with E-state index in [1.165, 1.54) is 23.3 Å². The summed E-state index contributed by atoms with van der Waals surface area (Å²) in [5, 5.41) is 2.02. The van der Waals surface area contributed by atoms with Crippen molar-refractivity contribution in [1.82, 2.24) is 18.8 Å². The molecule has 0 saturated carbocycles. The summed E-state index contributed by atoms with van der Waals surface area (Å²) in [5.41, 5.74) is 1.51. The number of sulfonamides is 1. The average molecular weight is 449 g/mol. The molecule has 2 aromatic heterocycles. The number of rotatable bonds is 9. The van der Waals surface area contributed by atoms with Crippen LogP contribution in [0.4, 0.5) is 0 Å². The summed E-state index contributed by atoms with van der Waals surface area (Å²) in [5.74, 6) is 0.893. The van der Waals surface area contributed by atoms with Gasteiger partial charge in [-0.15, -0.1) is 11.3 Å². The van der Waals surface area contributed by atoms with E-state index in [1.54, 1.807) is 29.5 Å². The van der Waals surface area contributed by atoms with Gasteiger partial charge < -0.3 is 9.47 Å². The third kappa shape index (κ3) is 4.58. The van der Waals surface area contributed by atoms with Crippen LogP contribution in [-0.2, 0) is 34.3 Å². The molecule has 0 fully saturated rings. The Morgan fingerprint density at radius 3 is 2.57 bits per heavy atom. The second kappa shape index (κ2) is 9.28. The van der Waals surface area contributed by atoms with Gasteiger partial charge in [0.1, 0.15) is 5.82 Å². The first-order valence-electron chi connectivity index (χ1n) is 9.99. The van der Waals surface area contributed by atoms with Crippen LogP contribution in [0.5, 0.6) is 0 Å². The molecule has 162 valence electrons. The highest BCUT2D eigenvalue weighted by atomic mass is 32.2. The van der Waals surface area contributed by atoms with Crippen LogP contribution in [0, 0.1) is 0 Å². The molecule has 0 unspecified atom stereocenters. The minimum Gasteiger partial charge on any atom is -0.338 e. The summed E-state index contributed by atoms with van der Waals surface area (Å²) >= 11 is 1.65. The molecule has 3 rings (SSSR count). The number of nitrogens with zero attached hydrogens (tertiary/aromatic N) is 4. The monoisotopic (exact) mass is 448 g/mol. The van der Waals surface area contributed by atoms with Gasteiger partial charge in [0.25, 0.3) is 0 Å². The van der Waals surface area contributed by atoms with Crippen molar-refractivity contribution in [3.63, 3.8) is 0 Å². The van der Waals surface area contributed by atoms with E-state index >= 15 is 0 Å². The number of carbonyl (C=O) groups is 1. The van der Waals surface area contributed by atoms with Crippen LogP contribution in [0.15, 0.2) is 40.6 Å². The SMILES string of the molecule is CCN(Cc1cccs1)C(=O)CCc1nc2cc(S(=O)(=O)N(C)C)ccc2n1CC. The Morgan fingerprint density at radius 1 is 1.20 bits per heavy atom. The number of hydrogen-bond acceptors (Lipinski definition) is 5. The van der Waals surface area contributed by atoms with Gasteiger partial charge in [0.05, 0.1) is 22.5 Å². The lowest BCUT2D eigenvalue weighted by atomic mass is 10.2. The number of aromatic nitrogens is 2. The number of benzene rings is 1. The first kappa shape index (κ1) is 22.5. The van der Waals surface area contributed by atoms with Crippen LogP contribution in [0.1, 0.15) is 31.0 Å². The van der Waals surface area contributed by atoms with E-state index in [0.717, 1.165) is 11.3 Å². The Bertz CT molecular complexity index is 1120. The quantitative estimate of drug-likeness (QED) is 0.503. The first-order chi connectivity index (χ1) is 14.3. The highest BCUT2D eigenvalue weighted by Crippen LogP contribution is 2.23. The van der Waals surface area contributed by atoms with Gasteiger partial charge in [-0.25, -0.2) is 17.7 Å². The maximum Gasteiger partial charge on any atom is 0.242 e. The molecular formula is C21H28N4O3S2. The summed E-state index contributed by atoms with van der Waals surface area (Å²) < 4.78 is 28.1. The smallest absolute Gasteiger partial charge is 0.242 e. The normalized spacial score (nSPS) is 12.0. The number of thiophene rings is 1. The van der Waals surface area contributed by atoms with Gasteiger partial charge in [0, 0.05) is 44.9 Å². The molecule has 0 radical (unpaired) electrons. The van der Waals surface area contributed by atoms with E-state index < -0.39 is 10.0 Å². The van der Waals surface area contributed by atoms with E-state index in [-0.39, 0.29) is 10.8 Å². The molecule has 0 saturated heterocycles. The number of imidazole rings is 1. The van der Waals surface area contributed by atoms with E-state index in [4.69, 9.17) is 0 Å². The second-order valence-corrected chi connectivity index (χ2v) is 10.4. The minimum absolute atomic E-state index is 0.0940. The Balaban J connectivity index is 1.80. The van der Waals surface area contributed by atoms with Crippen LogP contribution in [0.2, 0.25) is 0 Å². The topological polar surface area (TPSA) is 75.5 Å². The zero-order valence-corrected chi connectivity index (χ0v) is 19.5. The van der Waals surface area contributed by atoms with Crippen molar-refractivity contribution >= 4 is 38.3 Å². The molecule has 0 bridgehead atoms. The summed E-state index contributed by atoms with van der Waals surface area (Å²) in [6, 6.07) is 9.05. The van der Waals surface area contributed by atoms with E-state index in [9.17, 15) is 13.2 Å². The largest absolute Gasteiger partial charge is 0.338 e. The lowest BCUT2D eigenvalue weighted by molar-refractivity contribution is -0.131. The third-order valence-electron chi connectivity index (χ3n) is 5.12. The second-order valence-electron chi connectivity index (χ2n) is 7.20. The zero-order valence-electron chi connectivity index (χ0n) is 17.8. The Kier molecular flexibility index (Phi) is 6.95. The predicted molar refractivity (Wildman–Crippen MR) is 120 cm³/mol. The number of aryl methyl sites for hydroxylation is 2. The van der Waals surface area contributed by atoms with Crippen LogP contribution < -0.4 is 0 Å². The third-order valence-corrected chi connectivity index (χ3v) is 7.79. The fourth-order valence-electron chi connectivity index (χ4n) is 3.42. The Hall–Kier alpha value is -2.23. The van der Waals surface area contributed by atoms with Crippen molar-refractivity contribution in [3.05, 3.63) is 46.4 Å². The van der Waals surface area contributed by atoms with Crippen molar-refractivity contribution in [2.24, 2.45) is 0 Å². The van der Waals surface area contributed by atoms with Crippen molar-refractivity contribution in [1.29, 1.82) is 0 Å². The van der Waals surface area contributed by atoms with Crippen molar-refractivity contribution in [2.75, 3.05) is 20.6 Å². The van der Waals surface area contributed by atoms with Crippen LogP contribution in [0.25, 0.3) is 11.0 Å². The molecule has 0 aliphatic heterocycles. The molecule has 0 atom stereocenters. The fraction of sp³-hybridized carbons (Fsp3) is 0.429. The molecule has 0 N–H and O–H groups in total. The molecule has 9 heteroatoms. The Labute approximate surface area is 182 Å². The Morgan fingerprint density at radius 2 is 1.97 bits per heavy atom. The first-order valence-corrected chi connectivity index (χ1v) is 12.3. The van der Waals surface area contributed by atoms with Crippen molar-refractivity contribution in [2.45, 2.75) is 44.7 Å². The molecule has 7 nitrogen and oxygen atoms in total. The highest BCUT2D eigenvalue weighted by Gasteiger charge is 2.20. The maximum absolute atomic E-state index is 12.8. The van der Waals surface area contributed by atoms with Crippen LogP contribution in [0.3, 0.4) is 0 Å². The predicted octanol–water partition coefficient (Wildman–Crippen LogP) is 3.35. The molecule has 1 amide bonds. The molecule has 30 heavy (non-hydrogen) atoms. The minimum atomic E-state index is -3.52. The van der Waals surface area contributed by atoms with Crippen molar-refractivity contribution < 1.29 is 13.2 Å². The maximum atomic E-state index is 12.8. The summed E-state index contributed by atoms with van der Waals surface area (Å²) in [4.78, 5) is 20.7. The summed E-state index contributed by atoms with van der Waals surface area (Å²) in [6.45, 7) is 5.99. The summed E-state index contributed by atoms with van der Waals surface area (Å²) in [7, 11) is -0.498. The van der Waals surface area contributed by atoms with Gasteiger partial charge in [-0.05, 0) is 43.5 Å². The van der Waals surface area contributed by atoms with Gasteiger partial charge in [-0.2, -0.15) is 0 Å². The lowest BCUT2D eigenvalue weighted by Gasteiger charge is -2.20.